The van der Waals surface area contributed by atoms with Gasteiger partial charge in [-0.05, 0) is 65.6 Å². The van der Waals surface area contributed by atoms with E-state index in [9.17, 15) is 4.79 Å². The summed E-state index contributed by atoms with van der Waals surface area (Å²) in [5.41, 5.74) is 3.39. The number of nitrogens with one attached hydrogen (secondary N) is 2. The van der Waals surface area contributed by atoms with Gasteiger partial charge < -0.3 is 15.2 Å². The minimum Gasteiger partial charge on any atom is -0.331 e. The largest absolute Gasteiger partial charge is 0.331 e. The third-order valence-electron chi connectivity index (χ3n) is 5.35. The Morgan fingerprint density at radius 1 is 1.24 bits per heavy atom. The van der Waals surface area contributed by atoms with E-state index in [4.69, 9.17) is 0 Å². The van der Waals surface area contributed by atoms with E-state index in [-0.39, 0.29) is 12.1 Å². The van der Waals surface area contributed by atoms with Crippen LogP contribution >= 0.6 is 27.3 Å². The summed E-state index contributed by atoms with van der Waals surface area (Å²) in [5, 5.41) is 7.29. The molecule has 0 unspecified atom stereocenters. The van der Waals surface area contributed by atoms with Crippen molar-refractivity contribution in [1.82, 2.24) is 14.8 Å². The molecule has 152 valence electrons. The number of fused-ring (bicyclic) bond motifs is 1. The number of benzene rings is 1. The van der Waals surface area contributed by atoms with Gasteiger partial charge in [0.05, 0.1) is 11.7 Å². The van der Waals surface area contributed by atoms with Crippen molar-refractivity contribution in [3.8, 4) is 5.00 Å². The van der Waals surface area contributed by atoms with E-state index in [0.29, 0.717) is 0 Å². The number of hydrogen-bond acceptors (Lipinski definition) is 3. The molecular weight excluding hydrogens is 448 g/mol. The lowest BCUT2D eigenvalue weighted by molar-refractivity contribution is 0.249. The fourth-order valence-corrected chi connectivity index (χ4v) is 5.67. The monoisotopic (exact) mass is 472 g/mol. The number of rotatable bonds is 5. The standard InChI is InChI=1S/C22H25BrN4OS/c1-3-26-13-10-16-19(14-26)29-21(27-11-6-7-12-27)20(16)15(2)24-22(28)25-18-9-5-4-8-17(18)23/h4-9,11-12,15H,3,10,13-14H2,1-2H3,(H2,24,25,28)/t15-/m1/s1. The van der Waals surface area contributed by atoms with Gasteiger partial charge in [0.1, 0.15) is 5.00 Å². The molecule has 2 amide bonds. The van der Waals surface area contributed by atoms with Crippen LogP contribution in [0.25, 0.3) is 5.00 Å². The number of para-hydroxylation sites is 1. The van der Waals surface area contributed by atoms with Crippen molar-refractivity contribution in [2.75, 3.05) is 18.4 Å². The molecule has 1 aromatic carbocycles. The van der Waals surface area contributed by atoms with Crippen molar-refractivity contribution in [2.45, 2.75) is 32.9 Å². The molecule has 1 aliphatic heterocycles. The fourth-order valence-electron chi connectivity index (χ4n) is 3.83. The van der Waals surface area contributed by atoms with Crippen LogP contribution in [0.1, 0.15) is 35.9 Å². The maximum atomic E-state index is 12.7. The second-order valence-corrected chi connectivity index (χ2v) is 9.17. The van der Waals surface area contributed by atoms with Crippen LogP contribution in [0, 0.1) is 0 Å². The average molecular weight is 473 g/mol. The maximum absolute atomic E-state index is 12.7. The Labute approximate surface area is 183 Å². The molecule has 1 atom stereocenters. The highest BCUT2D eigenvalue weighted by atomic mass is 79.9. The topological polar surface area (TPSA) is 49.3 Å². The number of likely N-dealkylation sites (N-methyl/N-ethyl adjacent to an activating group) is 1. The number of halogens is 1. The molecule has 2 aromatic heterocycles. The normalized spacial score (nSPS) is 15.0. The Morgan fingerprint density at radius 3 is 2.72 bits per heavy atom. The van der Waals surface area contributed by atoms with Gasteiger partial charge in [-0.1, -0.05) is 19.1 Å². The maximum Gasteiger partial charge on any atom is 0.319 e. The van der Waals surface area contributed by atoms with E-state index >= 15 is 0 Å². The van der Waals surface area contributed by atoms with Gasteiger partial charge in [0, 0.05) is 40.4 Å². The second kappa shape index (κ2) is 8.73. The van der Waals surface area contributed by atoms with Crippen LogP contribution in [-0.2, 0) is 13.0 Å². The van der Waals surface area contributed by atoms with E-state index in [1.165, 1.54) is 21.0 Å². The highest BCUT2D eigenvalue weighted by Crippen LogP contribution is 2.39. The number of aromatic nitrogens is 1. The lowest BCUT2D eigenvalue weighted by Gasteiger charge is -2.26. The lowest BCUT2D eigenvalue weighted by atomic mass is 9.98. The highest BCUT2D eigenvalue weighted by Gasteiger charge is 2.28. The zero-order chi connectivity index (χ0) is 20.4. The van der Waals surface area contributed by atoms with Crippen LogP contribution in [0.15, 0.2) is 53.3 Å². The molecule has 5 nitrogen and oxygen atoms in total. The molecule has 0 bridgehead atoms. The molecule has 0 radical (unpaired) electrons. The van der Waals surface area contributed by atoms with Gasteiger partial charge in [-0.25, -0.2) is 4.79 Å². The Kier molecular flexibility index (Phi) is 6.08. The lowest BCUT2D eigenvalue weighted by Crippen LogP contribution is -2.33. The Balaban J connectivity index is 1.60. The minimum atomic E-state index is -0.200. The van der Waals surface area contributed by atoms with Crippen LogP contribution in [0.2, 0.25) is 0 Å². The van der Waals surface area contributed by atoms with Gasteiger partial charge >= 0.3 is 6.03 Å². The van der Waals surface area contributed by atoms with Crippen molar-refractivity contribution in [3.05, 3.63) is 69.3 Å². The molecule has 0 spiro atoms. The summed E-state index contributed by atoms with van der Waals surface area (Å²) in [7, 11) is 0. The molecule has 0 saturated heterocycles. The van der Waals surface area contributed by atoms with Crippen LogP contribution in [0.5, 0.6) is 0 Å². The quantitative estimate of drug-likeness (QED) is 0.510. The minimum absolute atomic E-state index is 0.0944. The summed E-state index contributed by atoms with van der Waals surface area (Å²) < 4.78 is 3.03. The molecular formula is C22H25BrN4OS. The van der Waals surface area contributed by atoms with Crippen molar-refractivity contribution < 1.29 is 4.79 Å². The fraction of sp³-hybridized carbons (Fsp3) is 0.318. The average Bonchev–Trinajstić information content (AvgIpc) is 3.36. The molecule has 1 aliphatic rings. The third kappa shape index (κ3) is 4.27. The van der Waals surface area contributed by atoms with E-state index in [0.717, 1.165) is 36.2 Å². The highest BCUT2D eigenvalue weighted by molar-refractivity contribution is 9.10. The van der Waals surface area contributed by atoms with E-state index in [1.54, 1.807) is 0 Å². The smallest absolute Gasteiger partial charge is 0.319 e. The summed E-state index contributed by atoms with van der Waals surface area (Å²) in [4.78, 5) is 16.6. The molecule has 0 fully saturated rings. The molecule has 29 heavy (non-hydrogen) atoms. The Bertz CT molecular complexity index is 998. The SMILES string of the molecule is CCN1CCc2c(sc(-n3cccc3)c2[C@@H](C)NC(=O)Nc2ccccc2Br)C1. The number of amides is 2. The van der Waals surface area contributed by atoms with E-state index in [1.807, 2.05) is 47.7 Å². The molecule has 3 heterocycles. The third-order valence-corrected chi connectivity index (χ3v) is 7.28. The predicted octanol–water partition coefficient (Wildman–Crippen LogP) is 5.56. The first-order valence-corrected chi connectivity index (χ1v) is 11.5. The zero-order valence-corrected chi connectivity index (χ0v) is 19.0. The molecule has 0 saturated carbocycles. The molecule has 4 rings (SSSR count). The van der Waals surface area contributed by atoms with Gasteiger partial charge in [-0.3, -0.25) is 4.90 Å². The van der Waals surface area contributed by atoms with Crippen LogP contribution in [-0.4, -0.2) is 28.6 Å². The van der Waals surface area contributed by atoms with Crippen molar-refractivity contribution >= 4 is 39.0 Å². The van der Waals surface area contributed by atoms with E-state index in [2.05, 4.69) is 62.3 Å². The number of carbonyl (C=O) groups excluding carboxylic acids is 1. The van der Waals surface area contributed by atoms with Crippen molar-refractivity contribution in [3.63, 3.8) is 0 Å². The van der Waals surface area contributed by atoms with Gasteiger partial charge in [-0.2, -0.15) is 0 Å². The summed E-state index contributed by atoms with van der Waals surface area (Å²) >= 11 is 5.32. The first kappa shape index (κ1) is 20.2. The zero-order valence-electron chi connectivity index (χ0n) is 16.6. The molecule has 3 aromatic rings. The number of anilines is 1. The summed E-state index contributed by atoms with van der Waals surface area (Å²) in [5.74, 6) is 0. The Hall–Kier alpha value is -2.09. The number of hydrogen-bond donors (Lipinski definition) is 2. The van der Waals surface area contributed by atoms with E-state index < -0.39 is 0 Å². The van der Waals surface area contributed by atoms with Crippen molar-refractivity contribution in [1.29, 1.82) is 0 Å². The number of carbonyl (C=O) groups is 1. The molecule has 2 N–H and O–H groups in total. The van der Waals surface area contributed by atoms with Crippen LogP contribution in [0.3, 0.4) is 0 Å². The molecule has 0 aliphatic carbocycles. The van der Waals surface area contributed by atoms with Gasteiger partial charge in [0.15, 0.2) is 0 Å². The Morgan fingerprint density at radius 2 is 2.00 bits per heavy atom. The first-order chi connectivity index (χ1) is 14.1. The van der Waals surface area contributed by atoms with Gasteiger partial charge in [0.2, 0.25) is 0 Å². The van der Waals surface area contributed by atoms with Crippen molar-refractivity contribution in [2.24, 2.45) is 0 Å². The first-order valence-electron chi connectivity index (χ1n) is 9.89. The number of thiophene rings is 1. The van der Waals surface area contributed by atoms with Gasteiger partial charge in [0.25, 0.3) is 0 Å². The van der Waals surface area contributed by atoms with Gasteiger partial charge in [-0.15, -0.1) is 11.3 Å². The summed E-state index contributed by atoms with van der Waals surface area (Å²) in [6, 6.07) is 11.4. The summed E-state index contributed by atoms with van der Waals surface area (Å²) in [6.45, 7) is 7.40. The molecule has 7 heteroatoms. The number of nitrogens with zero attached hydrogens (tertiary/aromatic N) is 2. The second-order valence-electron chi connectivity index (χ2n) is 7.23. The van der Waals surface area contributed by atoms with Crippen LogP contribution < -0.4 is 10.6 Å². The predicted molar refractivity (Wildman–Crippen MR) is 123 cm³/mol. The number of urea groups is 1. The summed E-state index contributed by atoms with van der Waals surface area (Å²) in [6.07, 6.45) is 5.17. The van der Waals surface area contributed by atoms with Crippen LogP contribution in [0.4, 0.5) is 10.5 Å².